The van der Waals surface area contributed by atoms with E-state index in [-0.39, 0.29) is 35.0 Å². The molecule has 3 aromatic rings. The molecule has 0 spiro atoms. The molecule has 0 atom stereocenters. The standard InChI is InChI=1S/C23H20ClN3O6/c1-32-20-11-15(24)9-10-17(20)26-21(29)13-33-19-8-3-2-6-16(19)23(31)27-25-12-14-5-4-7-18(28)22(14)30/h2-12,28,30H,13H2,1H3,(H,26,29)(H,27,31). The maximum atomic E-state index is 12.5. The SMILES string of the molecule is COc1cc(Cl)ccc1NC(=O)COc1ccccc1C(=O)NN=Cc1cccc(O)c1O. The Labute approximate surface area is 194 Å². The normalized spacial score (nSPS) is 10.6. The second-order valence-electron chi connectivity index (χ2n) is 6.59. The highest BCUT2D eigenvalue weighted by Gasteiger charge is 2.14. The molecule has 0 aliphatic heterocycles. The molecule has 33 heavy (non-hydrogen) atoms. The molecule has 0 unspecified atom stereocenters. The third-order valence-electron chi connectivity index (χ3n) is 4.34. The molecule has 170 valence electrons. The molecule has 0 aliphatic rings. The van der Waals surface area contributed by atoms with E-state index in [1.807, 2.05) is 0 Å². The number of benzene rings is 3. The van der Waals surface area contributed by atoms with E-state index in [1.165, 1.54) is 43.7 Å². The van der Waals surface area contributed by atoms with E-state index in [2.05, 4.69) is 15.8 Å². The third-order valence-corrected chi connectivity index (χ3v) is 4.58. The van der Waals surface area contributed by atoms with Crippen LogP contribution in [0.4, 0.5) is 5.69 Å². The van der Waals surface area contributed by atoms with Crippen molar-refractivity contribution in [2.24, 2.45) is 5.10 Å². The number of phenols is 2. The Balaban J connectivity index is 1.63. The number of methoxy groups -OCH3 is 1. The molecule has 0 saturated heterocycles. The van der Waals surface area contributed by atoms with Gasteiger partial charge in [0, 0.05) is 16.7 Å². The van der Waals surface area contributed by atoms with Gasteiger partial charge in [-0.3, -0.25) is 9.59 Å². The number of nitrogens with one attached hydrogen (secondary N) is 2. The zero-order chi connectivity index (χ0) is 23.8. The lowest BCUT2D eigenvalue weighted by Crippen LogP contribution is -2.23. The minimum atomic E-state index is -0.596. The molecule has 0 heterocycles. The Morgan fingerprint density at radius 1 is 1.06 bits per heavy atom. The molecule has 10 heteroatoms. The van der Waals surface area contributed by atoms with Crippen molar-refractivity contribution in [2.75, 3.05) is 19.0 Å². The lowest BCUT2D eigenvalue weighted by Gasteiger charge is -2.12. The van der Waals surface area contributed by atoms with Crippen molar-refractivity contribution in [3.63, 3.8) is 0 Å². The molecular weight excluding hydrogens is 450 g/mol. The molecule has 3 rings (SSSR count). The van der Waals surface area contributed by atoms with Gasteiger partial charge in [-0.15, -0.1) is 0 Å². The largest absolute Gasteiger partial charge is 0.504 e. The number of para-hydroxylation sites is 2. The number of hydrazone groups is 1. The summed E-state index contributed by atoms with van der Waals surface area (Å²) in [5.74, 6) is -1.17. The van der Waals surface area contributed by atoms with Crippen LogP contribution in [0.1, 0.15) is 15.9 Å². The van der Waals surface area contributed by atoms with Crippen LogP contribution >= 0.6 is 11.6 Å². The summed E-state index contributed by atoms with van der Waals surface area (Å²) in [5.41, 5.74) is 3.09. The fourth-order valence-corrected chi connectivity index (χ4v) is 2.91. The van der Waals surface area contributed by atoms with E-state index in [1.54, 1.807) is 30.3 Å². The quantitative estimate of drug-likeness (QED) is 0.227. The van der Waals surface area contributed by atoms with E-state index in [9.17, 15) is 19.8 Å². The van der Waals surface area contributed by atoms with Gasteiger partial charge < -0.3 is 25.0 Å². The van der Waals surface area contributed by atoms with Gasteiger partial charge in [0.1, 0.15) is 11.5 Å². The number of rotatable bonds is 8. The zero-order valence-corrected chi connectivity index (χ0v) is 18.2. The summed E-state index contributed by atoms with van der Waals surface area (Å²) in [6.45, 7) is -0.365. The lowest BCUT2D eigenvalue weighted by atomic mass is 10.2. The highest BCUT2D eigenvalue weighted by Crippen LogP contribution is 2.28. The highest BCUT2D eigenvalue weighted by atomic mass is 35.5. The first-order chi connectivity index (χ1) is 15.9. The van der Waals surface area contributed by atoms with Crippen LogP contribution < -0.4 is 20.2 Å². The van der Waals surface area contributed by atoms with Crippen molar-refractivity contribution < 1.29 is 29.3 Å². The van der Waals surface area contributed by atoms with Gasteiger partial charge in [-0.1, -0.05) is 29.8 Å². The predicted octanol–water partition coefficient (Wildman–Crippen LogP) is 3.54. The van der Waals surface area contributed by atoms with Gasteiger partial charge in [0.05, 0.1) is 24.6 Å². The number of hydrogen-bond acceptors (Lipinski definition) is 7. The number of aromatic hydroxyl groups is 2. The predicted molar refractivity (Wildman–Crippen MR) is 123 cm³/mol. The van der Waals surface area contributed by atoms with Crippen molar-refractivity contribution in [3.8, 4) is 23.0 Å². The van der Waals surface area contributed by atoms with Gasteiger partial charge in [-0.05, 0) is 36.4 Å². The van der Waals surface area contributed by atoms with Crippen LogP contribution in [0, 0.1) is 0 Å². The second kappa shape index (κ2) is 10.9. The van der Waals surface area contributed by atoms with Gasteiger partial charge in [0.2, 0.25) is 0 Å². The molecule has 4 N–H and O–H groups in total. The van der Waals surface area contributed by atoms with E-state index < -0.39 is 11.8 Å². The molecule has 0 fully saturated rings. The number of amides is 2. The van der Waals surface area contributed by atoms with Crippen LogP contribution in [0.2, 0.25) is 5.02 Å². The summed E-state index contributed by atoms with van der Waals surface area (Å²) in [6.07, 6.45) is 1.18. The van der Waals surface area contributed by atoms with Gasteiger partial charge in [0.15, 0.2) is 18.1 Å². The number of nitrogens with zero attached hydrogens (tertiary/aromatic N) is 1. The number of carbonyl (C=O) groups is 2. The topological polar surface area (TPSA) is 129 Å². The molecule has 0 saturated carbocycles. The monoisotopic (exact) mass is 469 g/mol. The fraction of sp³-hybridized carbons (Fsp3) is 0.0870. The number of hydrogen-bond donors (Lipinski definition) is 4. The molecule has 0 aliphatic carbocycles. The van der Waals surface area contributed by atoms with Crippen LogP contribution in [0.3, 0.4) is 0 Å². The molecule has 9 nitrogen and oxygen atoms in total. The number of anilines is 1. The van der Waals surface area contributed by atoms with E-state index in [4.69, 9.17) is 21.1 Å². The van der Waals surface area contributed by atoms with Crippen LogP contribution in [0.25, 0.3) is 0 Å². The number of phenolic OH excluding ortho intramolecular Hbond substituents is 2. The Morgan fingerprint density at radius 2 is 1.85 bits per heavy atom. The van der Waals surface area contributed by atoms with E-state index >= 15 is 0 Å². The van der Waals surface area contributed by atoms with Crippen molar-refractivity contribution in [1.82, 2.24) is 5.43 Å². The maximum Gasteiger partial charge on any atom is 0.275 e. The van der Waals surface area contributed by atoms with Gasteiger partial charge in [-0.2, -0.15) is 5.10 Å². The second-order valence-corrected chi connectivity index (χ2v) is 7.03. The van der Waals surface area contributed by atoms with Gasteiger partial charge >= 0.3 is 0 Å². The van der Waals surface area contributed by atoms with Crippen LogP contribution in [0.15, 0.2) is 65.8 Å². The van der Waals surface area contributed by atoms with Crippen LogP contribution in [-0.2, 0) is 4.79 Å². The van der Waals surface area contributed by atoms with Crippen LogP contribution in [0.5, 0.6) is 23.0 Å². The first kappa shape index (κ1) is 23.4. The summed E-state index contributed by atoms with van der Waals surface area (Å²) >= 11 is 5.92. The maximum absolute atomic E-state index is 12.5. The molecule has 0 bridgehead atoms. The van der Waals surface area contributed by atoms with E-state index in [0.29, 0.717) is 16.5 Å². The lowest BCUT2D eigenvalue weighted by molar-refractivity contribution is -0.118. The zero-order valence-electron chi connectivity index (χ0n) is 17.4. The summed E-state index contributed by atoms with van der Waals surface area (Å²) in [7, 11) is 1.46. The van der Waals surface area contributed by atoms with Gasteiger partial charge in [0.25, 0.3) is 11.8 Å². The molecule has 0 aromatic heterocycles. The minimum Gasteiger partial charge on any atom is -0.504 e. The van der Waals surface area contributed by atoms with Crippen molar-refractivity contribution in [1.29, 1.82) is 0 Å². The average molecular weight is 470 g/mol. The molecular formula is C23H20ClN3O6. The Hall–Kier alpha value is -4.24. The summed E-state index contributed by atoms with van der Waals surface area (Å²) in [6, 6.07) is 15.4. The molecule has 0 radical (unpaired) electrons. The van der Waals surface area contributed by atoms with Crippen molar-refractivity contribution >= 4 is 35.3 Å². The molecule has 3 aromatic carbocycles. The first-order valence-electron chi connectivity index (χ1n) is 9.58. The number of carbonyl (C=O) groups excluding carboxylic acids is 2. The smallest absolute Gasteiger partial charge is 0.275 e. The van der Waals surface area contributed by atoms with Gasteiger partial charge in [-0.25, -0.2) is 5.43 Å². The van der Waals surface area contributed by atoms with Crippen molar-refractivity contribution in [3.05, 3.63) is 76.8 Å². The Bertz CT molecular complexity index is 1200. The van der Waals surface area contributed by atoms with E-state index in [0.717, 1.165) is 0 Å². The van der Waals surface area contributed by atoms with Crippen molar-refractivity contribution in [2.45, 2.75) is 0 Å². The summed E-state index contributed by atoms with van der Waals surface area (Å²) < 4.78 is 10.7. The minimum absolute atomic E-state index is 0.145. The van der Waals surface area contributed by atoms with Crippen LogP contribution in [-0.4, -0.2) is 42.0 Å². The summed E-state index contributed by atoms with van der Waals surface area (Å²) in [4.78, 5) is 24.8. The first-order valence-corrected chi connectivity index (χ1v) is 9.96. The molecule has 2 amide bonds. The number of halogens is 1. The Kier molecular flexibility index (Phi) is 7.72. The Morgan fingerprint density at radius 3 is 2.64 bits per heavy atom. The number of ether oxygens (including phenoxy) is 2. The fourth-order valence-electron chi connectivity index (χ4n) is 2.75. The highest BCUT2D eigenvalue weighted by molar-refractivity contribution is 6.30. The average Bonchev–Trinajstić information content (AvgIpc) is 2.81. The summed E-state index contributed by atoms with van der Waals surface area (Å²) in [5, 5.41) is 26.2. The third kappa shape index (κ3) is 6.14.